The van der Waals surface area contributed by atoms with Crippen LogP contribution in [0, 0.1) is 0 Å². The number of carboxylic acid groups (broad SMARTS) is 1. The molecule has 1 N–H and O–H groups in total. The van der Waals surface area contributed by atoms with Crippen LogP contribution in [0.25, 0.3) is 0 Å². The van der Waals surface area contributed by atoms with Gasteiger partial charge in [-0.15, -0.1) is 0 Å². The lowest BCUT2D eigenvalue weighted by Crippen LogP contribution is -2.16. The largest absolute Gasteiger partial charge is 0.481 e. The molecule has 1 rings (SSSR count). The van der Waals surface area contributed by atoms with Gasteiger partial charge in [0.2, 0.25) is 0 Å². The number of ether oxygens (including phenoxy) is 2. The first-order chi connectivity index (χ1) is 9.47. The molecule has 0 bridgehead atoms. The Morgan fingerprint density at radius 2 is 1.65 bits per heavy atom. The summed E-state index contributed by atoms with van der Waals surface area (Å²) in [6, 6.07) is 0. The molecule has 0 aliphatic carbocycles. The van der Waals surface area contributed by atoms with Gasteiger partial charge < -0.3 is 14.6 Å². The summed E-state index contributed by atoms with van der Waals surface area (Å²) in [6.45, 7) is 0.591. The van der Waals surface area contributed by atoms with Crippen LogP contribution in [-0.2, 0) is 28.7 Å². The number of hydrogen-bond donors (Lipinski definition) is 1. The van der Waals surface area contributed by atoms with Crippen molar-refractivity contribution < 1.29 is 33.8 Å². The van der Waals surface area contributed by atoms with Crippen LogP contribution in [0.2, 0.25) is 0 Å². The number of carboxylic acids is 1. The molecule has 20 heavy (non-hydrogen) atoms. The molecule has 0 saturated carbocycles. The second kappa shape index (κ2) is 8.31. The van der Waals surface area contributed by atoms with Crippen LogP contribution < -0.4 is 0 Å². The van der Waals surface area contributed by atoms with Gasteiger partial charge in [0.1, 0.15) is 0 Å². The first kappa shape index (κ1) is 16.2. The SMILES string of the molecule is O=C(O)CCC(=O)OC(=O)CCC(=O)OC1=NCCS1. The second-order valence-electron chi connectivity index (χ2n) is 3.71. The summed E-state index contributed by atoms with van der Waals surface area (Å²) in [5.41, 5.74) is 0. The molecule has 0 aromatic rings. The average Bonchev–Trinajstić information content (AvgIpc) is 2.86. The Kier molecular flexibility index (Phi) is 6.71. The lowest BCUT2D eigenvalue weighted by Gasteiger charge is -2.03. The molecule has 0 aromatic carbocycles. The summed E-state index contributed by atoms with van der Waals surface area (Å²) in [4.78, 5) is 47.7. The Balaban J connectivity index is 2.17. The molecule has 1 aliphatic rings. The van der Waals surface area contributed by atoms with Gasteiger partial charge in [-0.1, -0.05) is 11.8 Å². The normalized spacial score (nSPS) is 13.5. The zero-order valence-electron chi connectivity index (χ0n) is 10.5. The van der Waals surface area contributed by atoms with E-state index in [9.17, 15) is 19.2 Å². The van der Waals surface area contributed by atoms with E-state index in [4.69, 9.17) is 9.84 Å². The Morgan fingerprint density at radius 1 is 1.05 bits per heavy atom. The van der Waals surface area contributed by atoms with E-state index in [2.05, 4.69) is 9.73 Å². The fraction of sp³-hybridized carbons (Fsp3) is 0.545. The van der Waals surface area contributed by atoms with Crippen molar-refractivity contribution >= 4 is 40.9 Å². The Hall–Kier alpha value is -1.90. The van der Waals surface area contributed by atoms with Gasteiger partial charge in [-0.25, -0.2) is 4.99 Å². The van der Waals surface area contributed by atoms with Crippen molar-refractivity contribution in [1.29, 1.82) is 0 Å². The van der Waals surface area contributed by atoms with Crippen LogP contribution >= 0.6 is 11.8 Å². The number of carbonyl (C=O) groups excluding carboxylic acids is 3. The van der Waals surface area contributed by atoms with E-state index in [0.29, 0.717) is 6.54 Å². The Bertz CT molecular complexity index is 446. The van der Waals surface area contributed by atoms with Crippen LogP contribution in [0.5, 0.6) is 0 Å². The fourth-order valence-corrected chi connectivity index (χ4v) is 1.86. The number of aliphatic carboxylic acids is 1. The number of aliphatic imine (C=N–C) groups is 1. The third-order valence-corrected chi connectivity index (χ3v) is 2.91. The van der Waals surface area contributed by atoms with Gasteiger partial charge in [0.25, 0.3) is 5.23 Å². The molecule has 8 nitrogen and oxygen atoms in total. The van der Waals surface area contributed by atoms with Crippen molar-refractivity contribution in [3.63, 3.8) is 0 Å². The van der Waals surface area contributed by atoms with E-state index >= 15 is 0 Å². The average molecular weight is 303 g/mol. The molecule has 0 fully saturated rings. The third-order valence-electron chi connectivity index (χ3n) is 2.06. The predicted molar refractivity (Wildman–Crippen MR) is 68.1 cm³/mol. The molecule has 0 saturated heterocycles. The Labute approximate surface area is 118 Å². The summed E-state index contributed by atoms with van der Waals surface area (Å²) < 4.78 is 9.19. The van der Waals surface area contributed by atoms with Crippen molar-refractivity contribution in [2.45, 2.75) is 25.7 Å². The molecule has 110 valence electrons. The van der Waals surface area contributed by atoms with Crippen molar-refractivity contribution in [2.75, 3.05) is 12.3 Å². The maximum atomic E-state index is 11.3. The van der Waals surface area contributed by atoms with Gasteiger partial charge in [0.15, 0.2) is 0 Å². The lowest BCUT2D eigenvalue weighted by atomic mass is 10.3. The number of thioether (sulfide) groups is 1. The van der Waals surface area contributed by atoms with E-state index in [0.717, 1.165) is 5.75 Å². The molecule has 9 heteroatoms. The van der Waals surface area contributed by atoms with Crippen LogP contribution in [0.3, 0.4) is 0 Å². The first-order valence-electron chi connectivity index (χ1n) is 5.80. The van der Waals surface area contributed by atoms with Gasteiger partial charge in [-0.2, -0.15) is 0 Å². The number of nitrogens with zero attached hydrogens (tertiary/aromatic N) is 1. The number of hydrogen-bond acceptors (Lipinski definition) is 8. The minimum Gasteiger partial charge on any atom is -0.481 e. The standard InChI is InChI=1S/C11H13NO7S/c13-7(14)1-2-8(15)18-9(16)3-4-10(17)19-11-12-5-6-20-11/h1-6H2,(H,13,14). The van der Waals surface area contributed by atoms with Crippen LogP contribution in [-0.4, -0.2) is 46.5 Å². The van der Waals surface area contributed by atoms with Crippen molar-refractivity contribution in [1.82, 2.24) is 0 Å². The highest BCUT2D eigenvalue weighted by molar-refractivity contribution is 8.13. The highest BCUT2D eigenvalue weighted by Crippen LogP contribution is 2.13. The summed E-state index contributed by atoms with van der Waals surface area (Å²) in [5, 5.41) is 8.62. The van der Waals surface area contributed by atoms with Gasteiger partial charge in [0, 0.05) is 5.75 Å². The van der Waals surface area contributed by atoms with E-state index in [1.165, 1.54) is 11.8 Å². The van der Waals surface area contributed by atoms with E-state index in [-0.39, 0.29) is 24.5 Å². The minimum atomic E-state index is -1.16. The van der Waals surface area contributed by atoms with E-state index < -0.39 is 30.3 Å². The number of carbonyl (C=O) groups is 4. The van der Waals surface area contributed by atoms with Gasteiger partial charge in [0.05, 0.1) is 32.2 Å². The van der Waals surface area contributed by atoms with Crippen molar-refractivity contribution in [3.8, 4) is 0 Å². The molecule has 0 spiro atoms. The summed E-state index contributed by atoms with van der Waals surface area (Å²) in [5.74, 6) is -2.86. The molecular weight excluding hydrogens is 290 g/mol. The van der Waals surface area contributed by atoms with E-state index in [1.807, 2.05) is 0 Å². The van der Waals surface area contributed by atoms with Gasteiger partial charge in [-0.05, 0) is 0 Å². The highest BCUT2D eigenvalue weighted by atomic mass is 32.2. The van der Waals surface area contributed by atoms with Crippen LogP contribution in [0.15, 0.2) is 4.99 Å². The maximum Gasteiger partial charge on any atom is 0.314 e. The predicted octanol–water partition coefficient (Wildman–Crippen LogP) is 0.347. The summed E-state index contributed by atoms with van der Waals surface area (Å²) in [6.07, 6.45) is -1.34. The summed E-state index contributed by atoms with van der Waals surface area (Å²) >= 11 is 1.31. The third kappa shape index (κ3) is 6.88. The number of rotatable bonds is 6. The quantitative estimate of drug-likeness (QED) is 0.551. The highest BCUT2D eigenvalue weighted by Gasteiger charge is 2.17. The minimum absolute atomic E-state index is 0.232. The second-order valence-corrected chi connectivity index (χ2v) is 4.76. The first-order valence-corrected chi connectivity index (χ1v) is 6.79. The fourth-order valence-electron chi connectivity index (χ4n) is 1.17. The summed E-state index contributed by atoms with van der Waals surface area (Å²) in [7, 11) is 0. The molecule has 1 aliphatic heterocycles. The molecule has 0 atom stereocenters. The van der Waals surface area contributed by atoms with Crippen LogP contribution in [0.1, 0.15) is 25.7 Å². The van der Waals surface area contributed by atoms with Gasteiger partial charge >= 0.3 is 23.9 Å². The maximum absolute atomic E-state index is 11.3. The Morgan fingerprint density at radius 3 is 2.20 bits per heavy atom. The molecule has 0 amide bonds. The molecule has 1 heterocycles. The smallest absolute Gasteiger partial charge is 0.314 e. The van der Waals surface area contributed by atoms with Crippen molar-refractivity contribution in [2.24, 2.45) is 4.99 Å². The zero-order chi connectivity index (χ0) is 15.0. The van der Waals surface area contributed by atoms with Gasteiger partial charge in [-0.3, -0.25) is 19.2 Å². The molecular formula is C11H13NO7S. The molecule has 0 unspecified atom stereocenters. The lowest BCUT2D eigenvalue weighted by molar-refractivity contribution is -0.161. The van der Waals surface area contributed by atoms with E-state index in [1.54, 1.807) is 0 Å². The van der Waals surface area contributed by atoms with Crippen LogP contribution in [0.4, 0.5) is 0 Å². The topological polar surface area (TPSA) is 119 Å². The van der Waals surface area contributed by atoms with Crippen molar-refractivity contribution in [3.05, 3.63) is 0 Å². The monoisotopic (exact) mass is 303 g/mol. The zero-order valence-corrected chi connectivity index (χ0v) is 11.3. The number of esters is 3. The molecule has 0 aromatic heterocycles. The molecule has 0 radical (unpaired) electrons.